The van der Waals surface area contributed by atoms with Crippen molar-refractivity contribution in [3.8, 4) is 0 Å². The monoisotopic (exact) mass is 321 g/mol. The van der Waals surface area contributed by atoms with Crippen LogP contribution in [0.25, 0.3) is 0 Å². The maximum Gasteiger partial charge on any atom is 0.240 e. The van der Waals surface area contributed by atoms with Crippen molar-refractivity contribution < 1.29 is 12.8 Å². The number of halogens is 1. The zero-order valence-corrected chi connectivity index (χ0v) is 13.6. The lowest BCUT2D eigenvalue weighted by Gasteiger charge is -2.08. The molecule has 0 fully saturated rings. The molecule has 0 spiro atoms. The Labute approximate surface area is 131 Å². The van der Waals surface area contributed by atoms with Crippen LogP contribution in [0.4, 0.5) is 4.39 Å². The summed E-state index contributed by atoms with van der Waals surface area (Å²) in [6.07, 6.45) is 1.52. The van der Waals surface area contributed by atoms with E-state index < -0.39 is 15.8 Å². The molecule has 0 heterocycles. The van der Waals surface area contributed by atoms with Crippen LogP contribution in [0, 0.1) is 19.7 Å². The highest BCUT2D eigenvalue weighted by molar-refractivity contribution is 7.89. The van der Waals surface area contributed by atoms with Gasteiger partial charge in [-0.15, -0.1) is 0 Å². The zero-order valence-electron chi connectivity index (χ0n) is 12.8. The van der Waals surface area contributed by atoms with Gasteiger partial charge in [-0.05, 0) is 56.0 Å². The summed E-state index contributed by atoms with van der Waals surface area (Å²) in [5.74, 6) is -0.404. The third-order valence-corrected chi connectivity index (χ3v) is 4.92. The van der Waals surface area contributed by atoms with Crippen molar-refractivity contribution >= 4 is 10.0 Å². The summed E-state index contributed by atoms with van der Waals surface area (Å²) < 4.78 is 40.0. The lowest BCUT2D eigenvalue weighted by atomic mass is 10.1. The van der Waals surface area contributed by atoms with Crippen molar-refractivity contribution in [1.82, 2.24) is 4.72 Å². The number of hydrogen-bond donors (Lipinski definition) is 1. The van der Waals surface area contributed by atoms with Crippen LogP contribution in [0.3, 0.4) is 0 Å². The molecule has 0 aliphatic rings. The van der Waals surface area contributed by atoms with Gasteiger partial charge in [0.1, 0.15) is 5.82 Å². The topological polar surface area (TPSA) is 46.2 Å². The number of rotatable bonds is 6. The Morgan fingerprint density at radius 3 is 2.55 bits per heavy atom. The highest BCUT2D eigenvalue weighted by Crippen LogP contribution is 2.14. The molecule has 0 atom stereocenters. The summed E-state index contributed by atoms with van der Waals surface area (Å²) in [5.41, 5.74) is 2.71. The van der Waals surface area contributed by atoms with Crippen LogP contribution < -0.4 is 4.72 Å². The standard InChI is InChI=1S/C17H20FNO2S/c1-13-5-3-6-15(11-13)7-4-10-19-22(20,21)16-8-9-17(18)14(2)12-16/h3,5-6,8-9,11-12,19H,4,7,10H2,1-2H3. The maximum atomic E-state index is 13.2. The van der Waals surface area contributed by atoms with E-state index in [1.807, 2.05) is 25.1 Å². The predicted molar refractivity (Wildman–Crippen MR) is 85.8 cm³/mol. The third-order valence-electron chi connectivity index (χ3n) is 3.46. The smallest absolute Gasteiger partial charge is 0.211 e. The van der Waals surface area contributed by atoms with Gasteiger partial charge in [0.15, 0.2) is 0 Å². The summed E-state index contributed by atoms with van der Waals surface area (Å²) in [6, 6.07) is 12.0. The van der Waals surface area contributed by atoms with E-state index in [2.05, 4.69) is 10.8 Å². The largest absolute Gasteiger partial charge is 0.240 e. The molecule has 3 nitrogen and oxygen atoms in total. The van der Waals surface area contributed by atoms with Gasteiger partial charge in [0.05, 0.1) is 4.90 Å². The van der Waals surface area contributed by atoms with Crippen molar-refractivity contribution in [1.29, 1.82) is 0 Å². The average molecular weight is 321 g/mol. The Hall–Kier alpha value is -1.72. The second-order valence-corrected chi connectivity index (χ2v) is 7.17. The van der Waals surface area contributed by atoms with Gasteiger partial charge in [0.25, 0.3) is 0 Å². The van der Waals surface area contributed by atoms with Crippen LogP contribution >= 0.6 is 0 Å². The van der Waals surface area contributed by atoms with Gasteiger partial charge in [0, 0.05) is 6.54 Å². The second-order valence-electron chi connectivity index (χ2n) is 5.40. The minimum Gasteiger partial charge on any atom is -0.211 e. The first-order valence-electron chi connectivity index (χ1n) is 7.20. The molecule has 2 aromatic carbocycles. The molecule has 118 valence electrons. The Morgan fingerprint density at radius 1 is 1.09 bits per heavy atom. The summed E-state index contributed by atoms with van der Waals surface area (Å²) >= 11 is 0. The molecule has 22 heavy (non-hydrogen) atoms. The molecule has 2 rings (SSSR count). The van der Waals surface area contributed by atoms with Crippen molar-refractivity contribution in [2.24, 2.45) is 0 Å². The number of sulfonamides is 1. The number of aryl methyl sites for hydroxylation is 3. The second kappa shape index (κ2) is 7.03. The molecule has 0 aromatic heterocycles. The van der Waals surface area contributed by atoms with Crippen LogP contribution in [0.5, 0.6) is 0 Å². The molecule has 0 amide bonds. The summed E-state index contributed by atoms with van der Waals surface area (Å²) in [4.78, 5) is 0.0990. The Morgan fingerprint density at radius 2 is 1.86 bits per heavy atom. The molecule has 0 saturated heterocycles. The highest BCUT2D eigenvalue weighted by atomic mass is 32.2. The molecule has 0 bridgehead atoms. The molecule has 0 unspecified atom stereocenters. The lowest BCUT2D eigenvalue weighted by molar-refractivity contribution is 0.577. The maximum absolute atomic E-state index is 13.2. The molecule has 2 aromatic rings. The fourth-order valence-corrected chi connectivity index (χ4v) is 3.39. The summed E-state index contributed by atoms with van der Waals surface area (Å²) in [7, 11) is -3.58. The Balaban J connectivity index is 1.91. The number of nitrogens with one attached hydrogen (secondary N) is 1. The van der Waals surface area contributed by atoms with Gasteiger partial charge in [-0.1, -0.05) is 29.8 Å². The lowest BCUT2D eigenvalue weighted by Crippen LogP contribution is -2.25. The predicted octanol–water partition coefficient (Wildman–Crippen LogP) is 3.35. The van der Waals surface area contributed by atoms with Gasteiger partial charge in [-0.3, -0.25) is 0 Å². The molecule has 0 aliphatic carbocycles. The Bertz CT molecular complexity index is 757. The third kappa shape index (κ3) is 4.39. The van der Waals surface area contributed by atoms with Crippen molar-refractivity contribution in [2.75, 3.05) is 6.54 Å². The molecule has 0 saturated carbocycles. The molecule has 5 heteroatoms. The first kappa shape index (κ1) is 16.6. The van der Waals surface area contributed by atoms with Gasteiger partial charge in [0.2, 0.25) is 10.0 Å². The average Bonchev–Trinajstić information content (AvgIpc) is 2.46. The minimum absolute atomic E-state index is 0.0990. The first-order chi connectivity index (χ1) is 10.4. The van der Waals surface area contributed by atoms with Gasteiger partial charge < -0.3 is 0 Å². The van der Waals surface area contributed by atoms with E-state index in [-0.39, 0.29) is 4.90 Å². The number of hydrogen-bond acceptors (Lipinski definition) is 2. The number of benzene rings is 2. The first-order valence-corrected chi connectivity index (χ1v) is 8.68. The van der Waals surface area contributed by atoms with Crippen molar-refractivity contribution in [2.45, 2.75) is 31.6 Å². The van der Waals surface area contributed by atoms with E-state index in [9.17, 15) is 12.8 Å². The normalized spacial score (nSPS) is 11.6. The molecule has 0 aliphatic heterocycles. The van der Waals surface area contributed by atoms with Gasteiger partial charge >= 0.3 is 0 Å². The summed E-state index contributed by atoms with van der Waals surface area (Å²) in [5, 5.41) is 0. The fraction of sp³-hybridized carbons (Fsp3) is 0.294. The molecule has 0 radical (unpaired) electrons. The summed E-state index contributed by atoms with van der Waals surface area (Å²) in [6.45, 7) is 3.93. The Kier molecular flexibility index (Phi) is 5.32. The van der Waals surface area contributed by atoms with Crippen LogP contribution in [0.1, 0.15) is 23.1 Å². The van der Waals surface area contributed by atoms with Crippen LogP contribution in [-0.4, -0.2) is 15.0 Å². The van der Waals surface area contributed by atoms with Gasteiger partial charge in [-0.2, -0.15) is 0 Å². The molecular weight excluding hydrogens is 301 g/mol. The highest BCUT2D eigenvalue weighted by Gasteiger charge is 2.14. The van der Waals surface area contributed by atoms with Crippen molar-refractivity contribution in [3.05, 3.63) is 65.0 Å². The minimum atomic E-state index is -3.58. The van der Waals surface area contributed by atoms with Crippen molar-refractivity contribution in [3.63, 3.8) is 0 Å². The zero-order chi connectivity index (χ0) is 16.2. The van der Waals surface area contributed by atoms with Crippen LogP contribution in [0.15, 0.2) is 47.4 Å². The molecular formula is C17H20FNO2S. The fourth-order valence-electron chi connectivity index (χ4n) is 2.23. The van der Waals surface area contributed by atoms with E-state index >= 15 is 0 Å². The van der Waals surface area contributed by atoms with Gasteiger partial charge in [-0.25, -0.2) is 17.5 Å². The van der Waals surface area contributed by atoms with E-state index in [0.717, 1.165) is 6.42 Å². The SMILES string of the molecule is Cc1cccc(CCCNS(=O)(=O)c2ccc(F)c(C)c2)c1. The van der Waals surface area contributed by atoms with E-state index in [0.29, 0.717) is 18.5 Å². The van der Waals surface area contributed by atoms with E-state index in [1.54, 1.807) is 6.92 Å². The quantitative estimate of drug-likeness (QED) is 0.829. The molecule has 1 N–H and O–H groups in total. The van der Waals surface area contributed by atoms with Crippen LogP contribution in [0.2, 0.25) is 0 Å². The van der Waals surface area contributed by atoms with E-state index in [4.69, 9.17) is 0 Å². The van der Waals surface area contributed by atoms with E-state index in [1.165, 1.54) is 29.3 Å². The van der Waals surface area contributed by atoms with Crippen LogP contribution in [-0.2, 0) is 16.4 Å².